The Hall–Kier alpha value is -2.49. The second-order valence-corrected chi connectivity index (χ2v) is 13.6. The molecule has 0 aliphatic carbocycles. The fourth-order valence-corrected chi connectivity index (χ4v) is 4.50. The van der Waals surface area contributed by atoms with Gasteiger partial charge in [-0.05, 0) is 31.7 Å². The van der Waals surface area contributed by atoms with Crippen molar-refractivity contribution in [1.82, 2.24) is 23.6 Å². The fourth-order valence-electron chi connectivity index (χ4n) is 3.80. The van der Waals surface area contributed by atoms with Gasteiger partial charge < -0.3 is 8.99 Å². The van der Waals surface area contributed by atoms with Crippen LogP contribution in [0.25, 0.3) is 11.2 Å². The molecule has 0 spiro atoms. The maximum absolute atomic E-state index is 13.0. The van der Waals surface area contributed by atoms with Crippen LogP contribution in [0, 0.1) is 0 Å². The molecule has 3 aromatic rings. The Kier molecular flexibility index (Phi) is 7.53. The summed E-state index contributed by atoms with van der Waals surface area (Å²) in [4.78, 5) is 32.6. The van der Waals surface area contributed by atoms with Crippen molar-refractivity contribution >= 4 is 19.5 Å². The van der Waals surface area contributed by atoms with Crippen LogP contribution in [-0.4, -0.2) is 58.1 Å². The Balaban J connectivity index is 1.95. The number of likely N-dealkylation sites (N-methyl/N-ethyl adjacent to an activating group) is 1. The van der Waals surface area contributed by atoms with Crippen molar-refractivity contribution in [2.45, 2.75) is 39.5 Å². The summed E-state index contributed by atoms with van der Waals surface area (Å²) in [7, 11) is 1.64. The van der Waals surface area contributed by atoms with Gasteiger partial charge >= 0.3 is 5.69 Å². The van der Waals surface area contributed by atoms with Gasteiger partial charge in [0.25, 0.3) is 5.56 Å². The number of hydrogen-bond acceptors (Lipinski definition) is 5. The van der Waals surface area contributed by atoms with E-state index >= 15 is 0 Å². The number of aromatic nitrogens is 4. The van der Waals surface area contributed by atoms with Gasteiger partial charge in [0.05, 0.1) is 0 Å². The third-order valence-corrected chi connectivity index (χ3v) is 6.73. The number of aryl methyl sites for hydroxylation is 1. The Bertz CT molecular complexity index is 1170. The topological polar surface area (TPSA) is 74.3 Å². The molecule has 0 radical (unpaired) electrons. The van der Waals surface area contributed by atoms with E-state index in [0.29, 0.717) is 30.7 Å². The van der Waals surface area contributed by atoms with Gasteiger partial charge in [-0.15, -0.1) is 0 Å². The van der Waals surface area contributed by atoms with Crippen molar-refractivity contribution in [1.29, 1.82) is 0 Å². The first-order valence-electron chi connectivity index (χ1n) is 11.2. The van der Waals surface area contributed by atoms with Gasteiger partial charge in [0, 0.05) is 46.8 Å². The third kappa shape index (κ3) is 5.46. The molecule has 0 saturated carbocycles. The molecule has 2 aromatic heterocycles. The van der Waals surface area contributed by atoms with Crippen molar-refractivity contribution in [2.24, 2.45) is 14.1 Å². The molecule has 0 aliphatic rings. The average Bonchev–Trinajstić information content (AvgIpc) is 3.11. The van der Waals surface area contributed by atoms with Crippen LogP contribution in [0.2, 0.25) is 19.6 Å². The summed E-state index contributed by atoms with van der Waals surface area (Å²) in [6.45, 7) is 12.5. The number of hydrogen-bond donors (Lipinski definition) is 0. The third-order valence-electron chi connectivity index (χ3n) is 5.66. The first kappa shape index (κ1) is 24.2. The van der Waals surface area contributed by atoms with Gasteiger partial charge in [-0.3, -0.25) is 18.8 Å². The molecule has 0 bridgehead atoms. The second-order valence-electron chi connectivity index (χ2n) is 9.12. The SMILES string of the molecule is CCN(CCO[Si](C)(C)C)CCn1c(Cc2ccccc2)nc2c1c(=O)n(C)c(=O)n2C. The van der Waals surface area contributed by atoms with Crippen molar-refractivity contribution in [2.75, 3.05) is 26.2 Å². The molecule has 1 aromatic carbocycles. The van der Waals surface area contributed by atoms with E-state index in [0.717, 1.165) is 35.6 Å². The lowest BCUT2D eigenvalue weighted by molar-refractivity contribution is 0.207. The first-order valence-corrected chi connectivity index (χ1v) is 14.6. The van der Waals surface area contributed by atoms with Gasteiger partial charge in [0.2, 0.25) is 0 Å². The minimum absolute atomic E-state index is 0.306. The molecule has 0 fully saturated rings. The summed E-state index contributed by atoms with van der Waals surface area (Å²) in [5.41, 5.74) is 1.36. The van der Waals surface area contributed by atoms with Crippen LogP contribution in [0.1, 0.15) is 18.3 Å². The van der Waals surface area contributed by atoms with Crippen molar-refractivity contribution in [3.8, 4) is 0 Å². The molecule has 8 nitrogen and oxygen atoms in total. The zero-order valence-electron chi connectivity index (χ0n) is 20.1. The second kappa shape index (κ2) is 9.97. The number of nitrogens with zero attached hydrogens (tertiary/aromatic N) is 5. The maximum Gasteiger partial charge on any atom is 0.332 e. The maximum atomic E-state index is 13.0. The lowest BCUT2D eigenvalue weighted by Gasteiger charge is -2.24. The highest BCUT2D eigenvalue weighted by atomic mass is 28.4. The van der Waals surface area contributed by atoms with E-state index in [1.54, 1.807) is 7.05 Å². The number of fused-ring (bicyclic) bond motifs is 1. The molecule has 0 N–H and O–H groups in total. The van der Waals surface area contributed by atoms with E-state index in [4.69, 9.17) is 9.41 Å². The van der Waals surface area contributed by atoms with Crippen LogP contribution in [0.4, 0.5) is 0 Å². The number of rotatable bonds is 10. The van der Waals surface area contributed by atoms with Crippen LogP contribution >= 0.6 is 0 Å². The highest BCUT2D eigenvalue weighted by Crippen LogP contribution is 2.15. The van der Waals surface area contributed by atoms with Gasteiger partial charge in [0.1, 0.15) is 5.82 Å². The van der Waals surface area contributed by atoms with E-state index in [1.807, 2.05) is 34.9 Å². The van der Waals surface area contributed by atoms with Crippen molar-refractivity contribution in [3.63, 3.8) is 0 Å². The number of benzene rings is 1. The Morgan fingerprint density at radius 2 is 1.72 bits per heavy atom. The lowest BCUT2D eigenvalue weighted by Crippen LogP contribution is -2.38. The molecule has 0 saturated heterocycles. The predicted molar refractivity (Wildman–Crippen MR) is 131 cm³/mol. The quantitative estimate of drug-likeness (QED) is 0.437. The van der Waals surface area contributed by atoms with Gasteiger partial charge in [-0.2, -0.15) is 0 Å². The van der Waals surface area contributed by atoms with E-state index < -0.39 is 8.32 Å². The normalized spacial score (nSPS) is 12.2. The average molecular weight is 458 g/mol. The summed E-state index contributed by atoms with van der Waals surface area (Å²) >= 11 is 0. The monoisotopic (exact) mass is 457 g/mol. The zero-order chi connectivity index (χ0) is 23.5. The lowest BCUT2D eigenvalue weighted by atomic mass is 10.1. The molecule has 174 valence electrons. The zero-order valence-corrected chi connectivity index (χ0v) is 21.1. The molecule has 0 atom stereocenters. The van der Waals surface area contributed by atoms with E-state index in [9.17, 15) is 9.59 Å². The highest BCUT2D eigenvalue weighted by Gasteiger charge is 2.20. The molecule has 32 heavy (non-hydrogen) atoms. The molecule has 0 aliphatic heterocycles. The van der Waals surface area contributed by atoms with Crippen LogP contribution in [0.15, 0.2) is 39.9 Å². The predicted octanol–water partition coefficient (Wildman–Crippen LogP) is 2.20. The molecule has 2 heterocycles. The van der Waals surface area contributed by atoms with Crippen LogP contribution < -0.4 is 11.2 Å². The molecule has 0 amide bonds. The Morgan fingerprint density at radius 1 is 1.03 bits per heavy atom. The summed E-state index contributed by atoms with van der Waals surface area (Å²) in [6.07, 6.45) is 0.595. The molecule has 0 unspecified atom stereocenters. The van der Waals surface area contributed by atoms with E-state index in [1.165, 1.54) is 11.6 Å². The van der Waals surface area contributed by atoms with Crippen LogP contribution in [0.5, 0.6) is 0 Å². The minimum atomic E-state index is -1.55. The summed E-state index contributed by atoms with van der Waals surface area (Å²) in [5, 5.41) is 0. The molecule has 3 rings (SSSR count). The van der Waals surface area contributed by atoms with Crippen LogP contribution in [-0.2, 0) is 31.5 Å². The highest BCUT2D eigenvalue weighted by molar-refractivity contribution is 6.69. The Labute approximate surface area is 190 Å². The van der Waals surface area contributed by atoms with Crippen molar-refractivity contribution in [3.05, 3.63) is 62.6 Å². The summed E-state index contributed by atoms with van der Waals surface area (Å²) < 4.78 is 10.6. The Morgan fingerprint density at radius 3 is 2.34 bits per heavy atom. The van der Waals surface area contributed by atoms with Gasteiger partial charge in [-0.1, -0.05) is 37.3 Å². The largest absolute Gasteiger partial charge is 0.416 e. The fraction of sp³-hybridized carbons (Fsp3) is 0.522. The van der Waals surface area contributed by atoms with E-state index in [2.05, 4.69) is 31.5 Å². The van der Waals surface area contributed by atoms with Gasteiger partial charge in [-0.25, -0.2) is 9.78 Å². The smallest absolute Gasteiger partial charge is 0.332 e. The molecular weight excluding hydrogens is 422 g/mol. The van der Waals surface area contributed by atoms with E-state index in [-0.39, 0.29) is 11.2 Å². The molecule has 9 heteroatoms. The summed E-state index contributed by atoms with van der Waals surface area (Å²) in [6, 6.07) is 10.1. The molecular formula is C23H35N5O3Si. The summed E-state index contributed by atoms with van der Waals surface area (Å²) in [5.74, 6) is 0.791. The van der Waals surface area contributed by atoms with Crippen molar-refractivity contribution < 1.29 is 4.43 Å². The van der Waals surface area contributed by atoms with Crippen LogP contribution in [0.3, 0.4) is 0 Å². The van der Waals surface area contributed by atoms with Gasteiger partial charge in [0.15, 0.2) is 19.5 Å². The number of imidazole rings is 1. The minimum Gasteiger partial charge on any atom is -0.416 e. The first-order chi connectivity index (χ1) is 15.1. The standard InChI is InChI=1S/C23H35N5O3Si/c1-7-27(15-16-31-32(4,5)6)13-14-28-19(17-18-11-9-8-10-12-18)24-21-20(28)22(29)26(3)23(30)25(21)2/h8-12H,7,13-17H2,1-6H3.